The molecule has 0 unspecified atom stereocenters. The molecule has 2 rings (SSSR count). The minimum Gasteiger partial charge on any atom is -0.397 e. The number of hydrogen-bond donors (Lipinski definition) is 3. The molecular formula is C16H19N3O2S. The first-order valence-electron chi connectivity index (χ1n) is 6.85. The maximum Gasteiger partial charge on any atom is 0.319 e. The Balaban J connectivity index is 2.02. The van der Waals surface area contributed by atoms with Crippen molar-refractivity contribution in [2.45, 2.75) is 9.79 Å². The summed E-state index contributed by atoms with van der Waals surface area (Å²) in [5, 5.41) is 5.44. The Morgan fingerprint density at radius 1 is 1.18 bits per heavy atom. The quantitative estimate of drug-likeness (QED) is 0.565. The number of nitrogen functional groups attached to an aromatic ring is 1. The molecular weight excluding hydrogens is 298 g/mol. The van der Waals surface area contributed by atoms with Crippen molar-refractivity contribution in [2.75, 3.05) is 31.3 Å². The molecule has 22 heavy (non-hydrogen) atoms. The molecule has 0 saturated heterocycles. The Morgan fingerprint density at radius 3 is 2.68 bits per heavy atom. The molecule has 0 saturated carbocycles. The normalized spacial score (nSPS) is 10.2. The largest absolute Gasteiger partial charge is 0.397 e. The average Bonchev–Trinajstić information content (AvgIpc) is 2.52. The van der Waals surface area contributed by atoms with Gasteiger partial charge in [0.15, 0.2) is 0 Å². The zero-order valence-corrected chi connectivity index (χ0v) is 13.2. The van der Waals surface area contributed by atoms with Crippen LogP contribution in [0.3, 0.4) is 0 Å². The predicted molar refractivity (Wildman–Crippen MR) is 90.3 cm³/mol. The second kappa shape index (κ2) is 8.31. The molecule has 0 aliphatic carbocycles. The standard InChI is InChI=1S/C16H19N3O2S/c1-21-10-9-18-16(20)19-15-11-13(7-8-14(15)17)22-12-5-3-2-4-6-12/h2-8,11H,9-10,17H2,1H3,(H2,18,19,20). The van der Waals surface area contributed by atoms with Gasteiger partial charge in [-0.15, -0.1) is 0 Å². The highest BCUT2D eigenvalue weighted by Crippen LogP contribution is 2.31. The fourth-order valence-electron chi connectivity index (χ4n) is 1.76. The summed E-state index contributed by atoms with van der Waals surface area (Å²) in [5.74, 6) is 0. The monoisotopic (exact) mass is 317 g/mol. The first kappa shape index (κ1) is 16.2. The average molecular weight is 317 g/mol. The molecule has 0 radical (unpaired) electrons. The summed E-state index contributed by atoms with van der Waals surface area (Å²) < 4.78 is 4.88. The van der Waals surface area contributed by atoms with Gasteiger partial charge in [-0.3, -0.25) is 0 Å². The third-order valence-corrected chi connectivity index (χ3v) is 3.84. The van der Waals surface area contributed by atoms with Gasteiger partial charge < -0.3 is 21.1 Å². The van der Waals surface area contributed by atoms with Crippen molar-refractivity contribution in [3.05, 3.63) is 48.5 Å². The molecule has 4 N–H and O–H groups in total. The summed E-state index contributed by atoms with van der Waals surface area (Å²) in [6, 6.07) is 15.3. The number of benzene rings is 2. The van der Waals surface area contributed by atoms with Crippen LogP contribution in [0, 0.1) is 0 Å². The second-order valence-electron chi connectivity index (χ2n) is 4.54. The lowest BCUT2D eigenvalue weighted by Crippen LogP contribution is -2.31. The lowest BCUT2D eigenvalue weighted by molar-refractivity contribution is 0.198. The number of rotatable bonds is 6. The van der Waals surface area contributed by atoms with Crippen molar-refractivity contribution in [3.63, 3.8) is 0 Å². The van der Waals surface area contributed by atoms with Gasteiger partial charge in [-0.2, -0.15) is 0 Å². The van der Waals surface area contributed by atoms with Crippen LogP contribution in [-0.4, -0.2) is 26.3 Å². The number of nitrogens with one attached hydrogen (secondary N) is 2. The number of ether oxygens (including phenoxy) is 1. The van der Waals surface area contributed by atoms with E-state index in [0.29, 0.717) is 24.5 Å². The van der Waals surface area contributed by atoms with Gasteiger partial charge in [-0.25, -0.2) is 4.79 Å². The third-order valence-electron chi connectivity index (χ3n) is 2.84. The number of carbonyl (C=O) groups excluding carboxylic acids is 1. The lowest BCUT2D eigenvalue weighted by atomic mass is 10.3. The fraction of sp³-hybridized carbons (Fsp3) is 0.188. The molecule has 2 aromatic carbocycles. The van der Waals surface area contributed by atoms with E-state index in [9.17, 15) is 4.79 Å². The molecule has 0 fully saturated rings. The van der Waals surface area contributed by atoms with Crippen molar-refractivity contribution < 1.29 is 9.53 Å². The number of anilines is 2. The van der Waals surface area contributed by atoms with Gasteiger partial charge in [0, 0.05) is 23.4 Å². The molecule has 0 aliphatic heterocycles. The molecule has 0 aromatic heterocycles. The molecule has 2 amide bonds. The number of carbonyl (C=O) groups is 1. The summed E-state index contributed by atoms with van der Waals surface area (Å²) in [7, 11) is 1.59. The van der Waals surface area contributed by atoms with E-state index in [0.717, 1.165) is 9.79 Å². The molecule has 0 heterocycles. The molecule has 5 nitrogen and oxygen atoms in total. The van der Waals surface area contributed by atoms with Crippen LogP contribution in [0.2, 0.25) is 0 Å². The van der Waals surface area contributed by atoms with Crippen molar-refractivity contribution in [3.8, 4) is 0 Å². The highest BCUT2D eigenvalue weighted by Gasteiger charge is 2.06. The van der Waals surface area contributed by atoms with Gasteiger partial charge in [0.05, 0.1) is 18.0 Å². The zero-order valence-electron chi connectivity index (χ0n) is 12.3. The Labute approximate surface area is 134 Å². The van der Waals surface area contributed by atoms with Crippen LogP contribution in [-0.2, 0) is 4.74 Å². The number of hydrogen-bond acceptors (Lipinski definition) is 4. The van der Waals surface area contributed by atoms with Gasteiger partial charge >= 0.3 is 6.03 Å². The van der Waals surface area contributed by atoms with Gasteiger partial charge in [-0.1, -0.05) is 30.0 Å². The molecule has 0 aliphatic rings. The van der Waals surface area contributed by atoms with Crippen molar-refractivity contribution in [1.29, 1.82) is 0 Å². The van der Waals surface area contributed by atoms with Gasteiger partial charge in [0.1, 0.15) is 0 Å². The van der Waals surface area contributed by atoms with E-state index in [4.69, 9.17) is 10.5 Å². The SMILES string of the molecule is COCCNC(=O)Nc1cc(Sc2ccccc2)ccc1N. The lowest BCUT2D eigenvalue weighted by Gasteiger charge is -2.11. The minimum atomic E-state index is -0.300. The third kappa shape index (κ3) is 4.98. The van der Waals surface area contributed by atoms with Crippen LogP contribution in [0.1, 0.15) is 0 Å². The molecule has 0 bridgehead atoms. The summed E-state index contributed by atoms with van der Waals surface area (Å²) in [6.07, 6.45) is 0. The van der Waals surface area contributed by atoms with Crippen LogP contribution >= 0.6 is 11.8 Å². The van der Waals surface area contributed by atoms with Crippen LogP contribution < -0.4 is 16.4 Å². The minimum absolute atomic E-state index is 0.300. The topological polar surface area (TPSA) is 76.4 Å². The van der Waals surface area contributed by atoms with Crippen molar-refractivity contribution >= 4 is 29.2 Å². The Morgan fingerprint density at radius 2 is 1.95 bits per heavy atom. The molecule has 116 valence electrons. The highest BCUT2D eigenvalue weighted by molar-refractivity contribution is 7.99. The van der Waals surface area contributed by atoms with E-state index in [1.807, 2.05) is 42.5 Å². The molecule has 0 atom stereocenters. The molecule has 0 spiro atoms. The van der Waals surface area contributed by atoms with Crippen molar-refractivity contribution in [1.82, 2.24) is 5.32 Å². The van der Waals surface area contributed by atoms with E-state index in [-0.39, 0.29) is 6.03 Å². The Hall–Kier alpha value is -2.18. The van der Waals surface area contributed by atoms with Crippen LogP contribution in [0.15, 0.2) is 58.3 Å². The molecule has 2 aromatic rings. The van der Waals surface area contributed by atoms with Crippen LogP contribution in [0.5, 0.6) is 0 Å². The highest BCUT2D eigenvalue weighted by atomic mass is 32.2. The smallest absolute Gasteiger partial charge is 0.319 e. The van der Waals surface area contributed by atoms with E-state index in [2.05, 4.69) is 10.6 Å². The maximum atomic E-state index is 11.8. The number of methoxy groups -OCH3 is 1. The van der Waals surface area contributed by atoms with E-state index >= 15 is 0 Å². The van der Waals surface area contributed by atoms with E-state index in [1.165, 1.54) is 0 Å². The van der Waals surface area contributed by atoms with E-state index in [1.54, 1.807) is 24.9 Å². The fourth-order valence-corrected chi connectivity index (χ4v) is 2.64. The maximum absolute atomic E-state index is 11.8. The van der Waals surface area contributed by atoms with Crippen LogP contribution in [0.25, 0.3) is 0 Å². The van der Waals surface area contributed by atoms with Gasteiger partial charge in [0.2, 0.25) is 0 Å². The van der Waals surface area contributed by atoms with Crippen molar-refractivity contribution in [2.24, 2.45) is 0 Å². The van der Waals surface area contributed by atoms with E-state index < -0.39 is 0 Å². The van der Waals surface area contributed by atoms with Gasteiger partial charge in [-0.05, 0) is 30.3 Å². The summed E-state index contributed by atoms with van der Waals surface area (Å²) >= 11 is 1.61. The second-order valence-corrected chi connectivity index (χ2v) is 5.68. The first-order valence-corrected chi connectivity index (χ1v) is 7.67. The van der Waals surface area contributed by atoms with Gasteiger partial charge in [0.25, 0.3) is 0 Å². The number of amides is 2. The number of nitrogens with two attached hydrogens (primary N) is 1. The van der Waals surface area contributed by atoms with Crippen LogP contribution in [0.4, 0.5) is 16.2 Å². The predicted octanol–water partition coefficient (Wildman–Crippen LogP) is 3.19. The Kier molecular flexibility index (Phi) is 6.12. The molecule has 6 heteroatoms. The first-order chi connectivity index (χ1) is 10.7. The summed E-state index contributed by atoms with van der Waals surface area (Å²) in [5.41, 5.74) is 7.03. The zero-order chi connectivity index (χ0) is 15.8. The number of urea groups is 1. The summed E-state index contributed by atoms with van der Waals surface area (Å²) in [6.45, 7) is 0.910. The Bertz CT molecular complexity index is 620. The summed E-state index contributed by atoms with van der Waals surface area (Å²) in [4.78, 5) is 13.9.